The Hall–Kier alpha value is -2.97. The lowest BCUT2D eigenvalue weighted by atomic mass is 10.0. The number of fused-ring (bicyclic) bond motifs is 3. The van der Waals surface area contributed by atoms with E-state index in [0.717, 1.165) is 11.1 Å². The summed E-state index contributed by atoms with van der Waals surface area (Å²) < 4.78 is 1.48. The number of H-pyrrole nitrogens is 1. The second-order valence-corrected chi connectivity index (χ2v) is 6.35. The third kappa shape index (κ3) is 2.61. The lowest BCUT2D eigenvalue weighted by Gasteiger charge is -2.10. The van der Waals surface area contributed by atoms with Crippen LogP contribution in [0.1, 0.15) is 10.4 Å². The minimum Gasteiger partial charge on any atom is -0.351 e. The maximum atomic E-state index is 12.5. The second kappa shape index (κ2) is 6.15. The number of hydrogen-bond donors (Lipinski definition) is 3. The number of nitrogens with zero attached hydrogens (tertiary/aromatic N) is 2. The molecule has 8 heteroatoms. The first-order valence-corrected chi connectivity index (χ1v) is 8.68. The van der Waals surface area contributed by atoms with Crippen molar-refractivity contribution in [3.63, 3.8) is 0 Å². The smallest absolute Gasteiger partial charge is 0.348 e. The fraction of sp³-hybridized carbons (Fsp3) is 0.118. The predicted octanol–water partition coefficient (Wildman–Crippen LogP) is 1.59. The number of nitrogens with one attached hydrogen (secondary N) is 2. The van der Waals surface area contributed by atoms with Gasteiger partial charge in [-0.25, -0.2) is 14.3 Å². The highest BCUT2D eigenvalue weighted by Crippen LogP contribution is 2.28. The van der Waals surface area contributed by atoms with E-state index in [-0.39, 0.29) is 11.6 Å². The summed E-state index contributed by atoms with van der Waals surface area (Å²) in [6.07, 6.45) is 0. The SMILES string of the molecule is NCCNC(=O)c1cc2n[nH]c(=O)n2c2cc(-c3ccsc3)ccc12. The van der Waals surface area contributed by atoms with Gasteiger partial charge in [0.25, 0.3) is 5.91 Å². The average Bonchev–Trinajstić information content (AvgIpc) is 3.28. The average molecular weight is 353 g/mol. The number of aromatic nitrogens is 3. The lowest BCUT2D eigenvalue weighted by molar-refractivity contribution is 0.0956. The third-order valence-electron chi connectivity index (χ3n) is 4.03. The number of amides is 1. The molecular weight excluding hydrogens is 338 g/mol. The molecule has 4 N–H and O–H groups in total. The minimum absolute atomic E-state index is 0.239. The first kappa shape index (κ1) is 15.6. The van der Waals surface area contributed by atoms with Crippen LogP contribution in [0.2, 0.25) is 0 Å². The van der Waals surface area contributed by atoms with Crippen molar-refractivity contribution >= 4 is 33.8 Å². The van der Waals surface area contributed by atoms with Gasteiger partial charge in [-0.2, -0.15) is 16.4 Å². The van der Waals surface area contributed by atoms with Crippen molar-refractivity contribution in [2.45, 2.75) is 0 Å². The van der Waals surface area contributed by atoms with Gasteiger partial charge in [-0.05, 0) is 40.1 Å². The van der Waals surface area contributed by atoms with Gasteiger partial charge in [-0.1, -0.05) is 12.1 Å². The first-order valence-electron chi connectivity index (χ1n) is 7.74. The number of hydrogen-bond acceptors (Lipinski definition) is 5. The summed E-state index contributed by atoms with van der Waals surface area (Å²) >= 11 is 1.60. The van der Waals surface area contributed by atoms with Crippen LogP contribution in [0.25, 0.3) is 27.7 Å². The Labute approximate surface area is 146 Å². The molecule has 0 fully saturated rings. The van der Waals surface area contributed by atoms with Gasteiger partial charge in [0.05, 0.1) is 11.1 Å². The number of nitrogens with two attached hydrogens (primary N) is 1. The highest BCUT2D eigenvalue weighted by Gasteiger charge is 2.16. The van der Waals surface area contributed by atoms with E-state index in [2.05, 4.69) is 15.5 Å². The summed E-state index contributed by atoms with van der Waals surface area (Å²) in [5.41, 5.74) is 8.66. The van der Waals surface area contributed by atoms with Gasteiger partial charge >= 0.3 is 5.69 Å². The number of pyridine rings is 1. The molecule has 1 amide bonds. The van der Waals surface area contributed by atoms with Crippen molar-refractivity contribution in [1.82, 2.24) is 19.9 Å². The monoisotopic (exact) mass is 353 g/mol. The van der Waals surface area contributed by atoms with Crippen LogP contribution in [-0.2, 0) is 0 Å². The van der Waals surface area contributed by atoms with E-state index in [9.17, 15) is 9.59 Å². The molecule has 0 saturated heterocycles. The van der Waals surface area contributed by atoms with Crippen molar-refractivity contribution in [3.05, 3.63) is 57.1 Å². The Balaban J connectivity index is 2.00. The second-order valence-electron chi connectivity index (χ2n) is 5.57. The molecule has 0 radical (unpaired) electrons. The standard InChI is InChI=1S/C17H15N5O2S/c18-4-5-19-16(23)13-8-15-20-21-17(24)22(15)14-7-10(1-2-12(13)14)11-3-6-25-9-11/h1-3,6-9H,4-5,18H2,(H,19,23)(H,21,24). The zero-order chi connectivity index (χ0) is 17.4. The first-order chi connectivity index (χ1) is 12.2. The van der Waals surface area contributed by atoms with Gasteiger partial charge in [0, 0.05) is 18.5 Å². The van der Waals surface area contributed by atoms with Crippen LogP contribution in [0.15, 0.2) is 45.9 Å². The molecule has 3 aromatic heterocycles. The number of thiophene rings is 1. The zero-order valence-electron chi connectivity index (χ0n) is 13.2. The van der Waals surface area contributed by atoms with Gasteiger partial charge in [-0.3, -0.25) is 4.79 Å². The minimum atomic E-state index is -0.337. The molecule has 0 spiro atoms. The van der Waals surface area contributed by atoms with E-state index in [4.69, 9.17) is 5.73 Å². The summed E-state index contributed by atoms with van der Waals surface area (Å²) in [5, 5.41) is 13.9. The molecule has 0 saturated carbocycles. The van der Waals surface area contributed by atoms with Crippen LogP contribution in [0, 0.1) is 0 Å². The molecule has 0 aliphatic rings. The van der Waals surface area contributed by atoms with Crippen LogP contribution in [0.5, 0.6) is 0 Å². The lowest BCUT2D eigenvalue weighted by Crippen LogP contribution is -2.29. The molecule has 126 valence electrons. The van der Waals surface area contributed by atoms with E-state index in [1.54, 1.807) is 17.4 Å². The number of rotatable bonds is 4. The van der Waals surface area contributed by atoms with Crippen LogP contribution < -0.4 is 16.7 Å². The molecule has 4 rings (SSSR count). The highest BCUT2D eigenvalue weighted by atomic mass is 32.1. The molecule has 0 atom stereocenters. The van der Waals surface area contributed by atoms with Crippen LogP contribution >= 0.6 is 11.3 Å². The number of aromatic amines is 1. The Morgan fingerprint density at radius 3 is 2.92 bits per heavy atom. The third-order valence-corrected chi connectivity index (χ3v) is 4.71. The van der Waals surface area contributed by atoms with Crippen molar-refractivity contribution in [2.75, 3.05) is 13.1 Å². The topological polar surface area (TPSA) is 105 Å². The Kier molecular flexibility index (Phi) is 3.83. The fourth-order valence-electron chi connectivity index (χ4n) is 2.87. The number of carbonyl (C=O) groups is 1. The van der Waals surface area contributed by atoms with Crippen molar-refractivity contribution in [2.24, 2.45) is 5.73 Å². The predicted molar refractivity (Wildman–Crippen MR) is 98.0 cm³/mol. The van der Waals surface area contributed by atoms with Gasteiger partial charge < -0.3 is 11.1 Å². The zero-order valence-corrected chi connectivity index (χ0v) is 14.0. The molecule has 0 aliphatic heterocycles. The molecule has 25 heavy (non-hydrogen) atoms. The molecule has 0 aliphatic carbocycles. The van der Waals surface area contributed by atoms with Crippen LogP contribution in [-0.4, -0.2) is 33.6 Å². The van der Waals surface area contributed by atoms with E-state index < -0.39 is 0 Å². The van der Waals surface area contributed by atoms with E-state index in [1.807, 2.05) is 35.0 Å². The normalized spacial score (nSPS) is 11.2. The largest absolute Gasteiger partial charge is 0.351 e. The van der Waals surface area contributed by atoms with Gasteiger partial charge in [0.2, 0.25) is 0 Å². The summed E-state index contributed by atoms with van der Waals surface area (Å²) in [6, 6.07) is 9.33. The van der Waals surface area contributed by atoms with Gasteiger partial charge in [0.15, 0.2) is 5.65 Å². The van der Waals surface area contributed by atoms with Crippen molar-refractivity contribution < 1.29 is 4.79 Å². The van der Waals surface area contributed by atoms with E-state index in [0.29, 0.717) is 35.2 Å². The molecule has 0 unspecified atom stereocenters. The molecule has 4 aromatic rings. The quantitative estimate of drug-likeness (QED) is 0.518. The Morgan fingerprint density at radius 2 is 2.16 bits per heavy atom. The Bertz CT molecular complexity index is 1130. The molecule has 3 heterocycles. The number of carbonyl (C=O) groups excluding carboxylic acids is 1. The molecule has 1 aromatic carbocycles. The summed E-state index contributed by atoms with van der Waals surface area (Å²) in [6.45, 7) is 0.738. The summed E-state index contributed by atoms with van der Waals surface area (Å²) in [5.74, 6) is -0.239. The fourth-order valence-corrected chi connectivity index (χ4v) is 3.53. The van der Waals surface area contributed by atoms with Gasteiger partial charge in [0.1, 0.15) is 0 Å². The van der Waals surface area contributed by atoms with Gasteiger partial charge in [-0.15, -0.1) is 0 Å². The highest BCUT2D eigenvalue weighted by molar-refractivity contribution is 7.08. The summed E-state index contributed by atoms with van der Waals surface area (Å²) in [4.78, 5) is 24.7. The molecular formula is C17H15N5O2S. The molecule has 7 nitrogen and oxygen atoms in total. The number of benzene rings is 1. The van der Waals surface area contributed by atoms with E-state index >= 15 is 0 Å². The summed E-state index contributed by atoms with van der Waals surface area (Å²) in [7, 11) is 0. The van der Waals surface area contributed by atoms with E-state index in [1.165, 1.54) is 4.40 Å². The van der Waals surface area contributed by atoms with Crippen LogP contribution in [0.3, 0.4) is 0 Å². The molecule has 0 bridgehead atoms. The maximum Gasteiger partial charge on any atom is 0.348 e. The maximum absolute atomic E-state index is 12.5. The van der Waals surface area contributed by atoms with Crippen molar-refractivity contribution in [1.29, 1.82) is 0 Å². The van der Waals surface area contributed by atoms with Crippen molar-refractivity contribution in [3.8, 4) is 11.1 Å². The van der Waals surface area contributed by atoms with Crippen LogP contribution in [0.4, 0.5) is 0 Å². The Morgan fingerprint density at radius 1 is 1.28 bits per heavy atom.